The number of hydrogen-bond donors (Lipinski definition) is 1. The van der Waals surface area contributed by atoms with Crippen LogP contribution in [0.25, 0.3) is 0 Å². The molecule has 1 N–H and O–H groups in total. The molecule has 0 heterocycles. The van der Waals surface area contributed by atoms with E-state index in [4.69, 9.17) is 0 Å². The highest BCUT2D eigenvalue weighted by Crippen LogP contribution is 2.25. The molecule has 1 atom stereocenters. The van der Waals surface area contributed by atoms with Gasteiger partial charge < -0.3 is 10.2 Å². The van der Waals surface area contributed by atoms with Gasteiger partial charge in [0, 0.05) is 15.7 Å². The SMILES string of the molecule is Cc1ccc(CN(C(=O)CN(c2ccc(I)cc2)S(=O)(=O)c2ccccc2)[C@@H](C)C(=O)NC(C)(C)C)cc1. The summed E-state index contributed by atoms with van der Waals surface area (Å²) in [4.78, 5) is 28.5. The third-order valence-electron chi connectivity index (χ3n) is 5.86. The molecule has 0 saturated heterocycles. The van der Waals surface area contributed by atoms with Gasteiger partial charge in [0.05, 0.1) is 10.6 Å². The van der Waals surface area contributed by atoms with E-state index in [1.807, 2.05) is 52.0 Å². The van der Waals surface area contributed by atoms with Crippen molar-refractivity contribution in [1.29, 1.82) is 0 Å². The van der Waals surface area contributed by atoms with Crippen molar-refractivity contribution in [1.82, 2.24) is 10.2 Å². The lowest BCUT2D eigenvalue weighted by Crippen LogP contribution is -2.54. The van der Waals surface area contributed by atoms with Gasteiger partial charge in [-0.2, -0.15) is 0 Å². The highest BCUT2D eigenvalue weighted by Gasteiger charge is 2.33. The predicted molar refractivity (Wildman–Crippen MR) is 159 cm³/mol. The molecule has 202 valence electrons. The molecule has 7 nitrogen and oxygen atoms in total. The molecule has 0 aliphatic heterocycles. The summed E-state index contributed by atoms with van der Waals surface area (Å²) in [6.07, 6.45) is 0. The zero-order chi connectivity index (χ0) is 28.1. The second kappa shape index (κ2) is 12.3. The molecule has 0 spiro atoms. The van der Waals surface area contributed by atoms with E-state index in [0.29, 0.717) is 5.69 Å². The Kier molecular flexibility index (Phi) is 9.59. The summed E-state index contributed by atoms with van der Waals surface area (Å²) in [6.45, 7) is 8.94. The van der Waals surface area contributed by atoms with E-state index in [-0.39, 0.29) is 17.3 Å². The summed E-state index contributed by atoms with van der Waals surface area (Å²) in [5.74, 6) is -0.801. The van der Waals surface area contributed by atoms with Crippen molar-refractivity contribution in [2.45, 2.75) is 57.6 Å². The molecule has 0 aliphatic carbocycles. The maximum absolute atomic E-state index is 13.9. The second-order valence-corrected chi connectivity index (χ2v) is 13.3. The van der Waals surface area contributed by atoms with Crippen molar-refractivity contribution in [3.8, 4) is 0 Å². The third-order valence-corrected chi connectivity index (χ3v) is 8.37. The molecule has 0 radical (unpaired) electrons. The van der Waals surface area contributed by atoms with Crippen LogP contribution in [0.5, 0.6) is 0 Å². The first-order chi connectivity index (χ1) is 17.8. The average Bonchev–Trinajstić information content (AvgIpc) is 2.86. The quantitative estimate of drug-likeness (QED) is 0.327. The first-order valence-corrected chi connectivity index (χ1v) is 14.8. The van der Waals surface area contributed by atoms with Gasteiger partial charge in [0.2, 0.25) is 11.8 Å². The molecule has 0 aromatic heterocycles. The van der Waals surface area contributed by atoms with Crippen molar-refractivity contribution < 1.29 is 18.0 Å². The Bertz CT molecular complexity index is 1350. The number of nitrogens with zero attached hydrogens (tertiary/aromatic N) is 2. The molecule has 3 rings (SSSR count). The number of carbonyl (C=O) groups excluding carboxylic acids is 2. The van der Waals surface area contributed by atoms with Crippen LogP contribution in [0.2, 0.25) is 0 Å². The molecule has 0 aliphatic rings. The number of hydrogen-bond acceptors (Lipinski definition) is 4. The molecular formula is C29H34IN3O4S. The monoisotopic (exact) mass is 647 g/mol. The number of rotatable bonds is 9. The number of anilines is 1. The number of sulfonamides is 1. The highest BCUT2D eigenvalue weighted by atomic mass is 127. The highest BCUT2D eigenvalue weighted by molar-refractivity contribution is 14.1. The van der Waals surface area contributed by atoms with Gasteiger partial charge in [-0.1, -0.05) is 48.0 Å². The van der Waals surface area contributed by atoms with E-state index in [2.05, 4.69) is 27.9 Å². The van der Waals surface area contributed by atoms with Crippen LogP contribution < -0.4 is 9.62 Å². The van der Waals surface area contributed by atoms with Gasteiger partial charge in [-0.3, -0.25) is 13.9 Å². The van der Waals surface area contributed by atoms with Crippen molar-refractivity contribution in [3.05, 3.63) is 93.6 Å². The van der Waals surface area contributed by atoms with Gasteiger partial charge in [-0.25, -0.2) is 8.42 Å². The smallest absolute Gasteiger partial charge is 0.264 e. The fourth-order valence-corrected chi connectivity index (χ4v) is 5.60. The van der Waals surface area contributed by atoms with E-state index in [0.717, 1.165) is 19.0 Å². The minimum Gasteiger partial charge on any atom is -0.350 e. The molecule has 3 aromatic carbocycles. The Balaban J connectivity index is 2.01. The van der Waals surface area contributed by atoms with Crippen LogP contribution in [0.3, 0.4) is 0 Å². The normalized spacial score (nSPS) is 12.5. The van der Waals surface area contributed by atoms with Gasteiger partial charge in [0.15, 0.2) is 0 Å². The van der Waals surface area contributed by atoms with E-state index in [9.17, 15) is 18.0 Å². The van der Waals surface area contributed by atoms with Crippen LogP contribution >= 0.6 is 22.6 Å². The van der Waals surface area contributed by atoms with Crippen LogP contribution in [0.1, 0.15) is 38.8 Å². The number of amides is 2. The molecule has 38 heavy (non-hydrogen) atoms. The Morgan fingerprint density at radius 3 is 2.05 bits per heavy atom. The minimum absolute atomic E-state index is 0.0787. The van der Waals surface area contributed by atoms with Crippen LogP contribution in [-0.2, 0) is 26.2 Å². The van der Waals surface area contributed by atoms with Gasteiger partial charge in [0.1, 0.15) is 12.6 Å². The largest absolute Gasteiger partial charge is 0.350 e. The minimum atomic E-state index is -4.07. The average molecular weight is 648 g/mol. The fourth-order valence-electron chi connectivity index (χ4n) is 3.80. The summed E-state index contributed by atoms with van der Waals surface area (Å²) in [6, 6.07) is 21.8. The van der Waals surface area contributed by atoms with Gasteiger partial charge >= 0.3 is 0 Å². The molecule has 3 aromatic rings. The summed E-state index contributed by atoms with van der Waals surface area (Å²) < 4.78 is 29.5. The number of halogens is 1. The second-order valence-electron chi connectivity index (χ2n) is 10.2. The molecule has 2 amide bonds. The van der Waals surface area contributed by atoms with Crippen molar-refractivity contribution in [3.63, 3.8) is 0 Å². The van der Waals surface area contributed by atoms with Gasteiger partial charge in [-0.05, 0) is 99.2 Å². The zero-order valence-corrected chi connectivity index (χ0v) is 25.3. The van der Waals surface area contributed by atoms with Crippen LogP contribution in [-0.4, -0.2) is 43.3 Å². The first-order valence-electron chi connectivity index (χ1n) is 12.3. The molecule has 0 saturated carbocycles. The van der Waals surface area contributed by atoms with Crippen LogP contribution in [0.15, 0.2) is 83.8 Å². The maximum atomic E-state index is 13.9. The summed E-state index contributed by atoms with van der Waals surface area (Å²) in [5.41, 5.74) is 1.79. The third kappa shape index (κ3) is 7.80. The Morgan fingerprint density at radius 1 is 0.921 bits per heavy atom. The molecular weight excluding hydrogens is 613 g/mol. The Morgan fingerprint density at radius 2 is 1.50 bits per heavy atom. The lowest BCUT2D eigenvalue weighted by Gasteiger charge is -2.33. The van der Waals surface area contributed by atoms with Crippen LogP contribution in [0.4, 0.5) is 5.69 Å². The Hall–Kier alpha value is -2.92. The van der Waals surface area contributed by atoms with Crippen LogP contribution in [0, 0.1) is 10.5 Å². The Labute approximate surface area is 239 Å². The number of nitrogens with one attached hydrogen (secondary N) is 1. The molecule has 0 bridgehead atoms. The number of carbonyl (C=O) groups is 2. The van der Waals surface area contributed by atoms with Crippen molar-refractivity contribution >= 4 is 50.1 Å². The standard InChI is InChI=1S/C29H34IN3O4S/c1-21-11-13-23(14-12-21)19-32(22(2)28(35)31-29(3,4)5)27(34)20-33(25-17-15-24(30)16-18-25)38(36,37)26-9-7-6-8-10-26/h6-18,22H,19-20H2,1-5H3,(H,31,35)/t22-/m0/s1. The van der Waals surface area contributed by atoms with Gasteiger partial charge in [0.25, 0.3) is 10.0 Å². The molecule has 9 heteroatoms. The zero-order valence-electron chi connectivity index (χ0n) is 22.3. The topological polar surface area (TPSA) is 86.8 Å². The lowest BCUT2D eigenvalue weighted by atomic mass is 10.1. The van der Waals surface area contributed by atoms with E-state index in [1.165, 1.54) is 17.0 Å². The summed E-state index contributed by atoms with van der Waals surface area (Å²) >= 11 is 2.14. The molecule has 0 fully saturated rings. The lowest BCUT2D eigenvalue weighted by molar-refractivity contribution is -0.140. The van der Waals surface area contributed by atoms with E-state index in [1.54, 1.807) is 49.4 Å². The van der Waals surface area contributed by atoms with Gasteiger partial charge in [-0.15, -0.1) is 0 Å². The fraction of sp³-hybridized carbons (Fsp3) is 0.310. The summed E-state index contributed by atoms with van der Waals surface area (Å²) in [5, 5.41) is 2.93. The number of aryl methyl sites for hydroxylation is 1. The maximum Gasteiger partial charge on any atom is 0.264 e. The van der Waals surface area contributed by atoms with E-state index >= 15 is 0 Å². The van der Waals surface area contributed by atoms with Crippen molar-refractivity contribution in [2.24, 2.45) is 0 Å². The first kappa shape index (κ1) is 29.6. The van der Waals surface area contributed by atoms with Crippen molar-refractivity contribution in [2.75, 3.05) is 10.8 Å². The predicted octanol–water partition coefficient (Wildman–Crippen LogP) is 5.13. The molecule has 0 unspecified atom stereocenters. The number of benzene rings is 3. The van der Waals surface area contributed by atoms with E-state index < -0.39 is 34.1 Å². The summed E-state index contributed by atoms with van der Waals surface area (Å²) in [7, 11) is -4.07.